The normalized spacial score (nSPS) is 15.4. The second kappa shape index (κ2) is 6.14. The summed E-state index contributed by atoms with van der Waals surface area (Å²) in [6.07, 6.45) is 8.72. The summed E-state index contributed by atoms with van der Waals surface area (Å²) in [5, 5.41) is 0.656. The Morgan fingerprint density at radius 2 is 1.94 bits per heavy atom. The Morgan fingerprint density at radius 3 is 2.56 bits per heavy atom. The Kier molecular flexibility index (Phi) is 4.54. The lowest BCUT2D eigenvalue weighted by Crippen LogP contribution is -2.10. The molecule has 0 saturated heterocycles. The fourth-order valence-electron chi connectivity index (χ4n) is 2.36. The summed E-state index contributed by atoms with van der Waals surface area (Å²) in [5.41, 5.74) is 2.63. The highest BCUT2D eigenvalue weighted by Gasteiger charge is 2.08. The minimum absolute atomic E-state index is 0.656. The van der Waals surface area contributed by atoms with E-state index >= 15 is 0 Å². The second-order valence-corrected chi connectivity index (χ2v) is 5.18. The molecule has 0 bridgehead atoms. The van der Waals surface area contributed by atoms with Crippen LogP contribution in [0.25, 0.3) is 0 Å². The van der Waals surface area contributed by atoms with E-state index in [0.717, 1.165) is 11.4 Å². The van der Waals surface area contributed by atoms with E-state index in [2.05, 4.69) is 18.1 Å². The van der Waals surface area contributed by atoms with Gasteiger partial charge in [0.05, 0.1) is 12.1 Å². The highest BCUT2D eigenvalue weighted by molar-refractivity contribution is 6.32. The van der Waals surface area contributed by atoms with Gasteiger partial charge in [-0.15, -0.1) is 0 Å². The van der Waals surface area contributed by atoms with Crippen LogP contribution in [0.1, 0.15) is 32.1 Å². The van der Waals surface area contributed by atoms with E-state index in [1.807, 2.05) is 18.2 Å². The summed E-state index contributed by atoms with van der Waals surface area (Å²) in [6.45, 7) is 0. The van der Waals surface area contributed by atoms with Crippen molar-refractivity contribution in [3.05, 3.63) is 35.0 Å². The number of hydrogen-bond acceptors (Lipinski definition) is 2. The van der Waals surface area contributed by atoms with Gasteiger partial charge in [0.2, 0.25) is 0 Å². The molecule has 18 heavy (non-hydrogen) atoms. The molecular weight excluding hydrogens is 246 g/mol. The monoisotopic (exact) mass is 265 g/mol. The van der Waals surface area contributed by atoms with Crippen molar-refractivity contribution >= 4 is 17.3 Å². The fourth-order valence-corrected chi connectivity index (χ4v) is 2.61. The molecule has 0 unspecified atom stereocenters. The molecule has 0 spiro atoms. The van der Waals surface area contributed by atoms with Gasteiger partial charge in [0, 0.05) is 18.9 Å². The maximum atomic E-state index is 6.14. The molecule has 0 aliphatic heterocycles. The van der Waals surface area contributed by atoms with Crippen LogP contribution in [0.3, 0.4) is 0 Å². The van der Waals surface area contributed by atoms with Gasteiger partial charge in [-0.2, -0.15) is 0 Å². The van der Waals surface area contributed by atoms with Crippen LogP contribution in [-0.2, 0) is 0 Å². The van der Waals surface area contributed by atoms with Crippen molar-refractivity contribution in [2.45, 2.75) is 32.1 Å². The maximum Gasteiger partial charge on any atom is 0.137 e. The van der Waals surface area contributed by atoms with Gasteiger partial charge in [-0.1, -0.05) is 23.6 Å². The molecule has 1 aliphatic rings. The Balaban J connectivity index is 2.12. The molecule has 0 atom stereocenters. The second-order valence-electron chi connectivity index (χ2n) is 4.78. The summed E-state index contributed by atoms with van der Waals surface area (Å²) >= 11 is 6.14. The first-order chi connectivity index (χ1) is 8.70. The van der Waals surface area contributed by atoms with Gasteiger partial charge >= 0.3 is 0 Å². The van der Waals surface area contributed by atoms with E-state index in [-0.39, 0.29) is 0 Å². The molecule has 98 valence electrons. The standard InChI is InChI=1S/C15H20ClNO/c1-17(11-12-6-4-3-5-7-12)13-8-9-15(18-2)14(16)10-13/h8-11H,3-7H2,1-2H3. The van der Waals surface area contributed by atoms with Crippen LogP contribution in [0.2, 0.25) is 5.02 Å². The molecule has 1 aliphatic carbocycles. The molecule has 3 heteroatoms. The number of nitrogens with zero attached hydrogens (tertiary/aromatic N) is 1. The van der Waals surface area contributed by atoms with E-state index in [1.165, 1.54) is 37.7 Å². The summed E-state index contributed by atoms with van der Waals surface area (Å²) in [6, 6.07) is 5.89. The maximum absolute atomic E-state index is 6.14. The lowest BCUT2D eigenvalue weighted by molar-refractivity contribution is 0.415. The van der Waals surface area contributed by atoms with Crippen LogP contribution in [0, 0.1) is 0 Å². The largest absolute Gasteiger partial charge is 0.495 e. The van der Waals surface area contributed by atoms with Crippen LogP contribution in [0.4, 0.5) is 5.69 Å². The van der Waals surface area contributed by atoms with E-state index in [0.29, 0.717) is 5.02 Å². The molecule has 0 N–H and O–H groups in total. The summed E-state index contributed by atoms with van der Waals surface area (Å²) in [7, 11) is 3.70. The van der Waals surface area contributed by atoms with Crippen LogP contribution in [0.15, 0.2) is 30.0 Å². The van der Waals surface area contributed by atoms with Gasteiger partial charge < -0.3 is 9.64 Å². The smallest absolute Gasteiger partial charge is 0.137 e. The molecule has 0 amide bonds. The Bertz CT molecular complexity index is 434. The van der Waals surface area contributed by atoms with Crippen molar-refractivity contribution < 1.29 is 4.74 Å². The number of methoxy groups -OCH3 is 1. The third-order valence-electron chi connectivity index (χ3n) is 3.41. The van der Waals surface area contributed by atoms with Crippen molar-refractivity contribution in [2.75, 3.05) is 19.1 Å². The average molecular weight is 266 g/mol. The van der Waals surface area contributed by atoms with Crippen LogP contribution >= 0.6 is 11.6 Å². The third-order valence-corrected chi connectivity index (χ3v) is 3.71. The van der Waals surface area contributed by atoms with Gasteiger partial charge in [-0.3, -0.25) is 0 Å². The predicted octanol–water partition coefficient (Wildman–Crippen LogP) is 4.63. The molecule has 1 aromatic rings. The quantitative estimate of drug-likeness (QED) is 0.790. The summed E-state index contributed by atoms with van der Waals surface area (Å²) in [4.78, 5) is 2.14. The Labute approximate surface area is 114 Å². The first-order valence-electron chi connectivity index (χ1n) is 6.46. The molecular formula is C15H20ClNO. The summed E-state index contributed by atoms with van der Waals surface area (Å²) in [5.74, 6) is 0.721. The minimum Gasteiger partial charge on any atom is -0.495 e. The van der Waals surface area contributed by atoms with Gasteiger partial charge in [-0.25, -0.2) is 0 Å². The highest BCUT2D eigenvalue weighted by Crippen LogP contribution is 2.30. The molecule has 0 radical (unpaired) electrons. The fraction of sp³-hybridized carbons (Fsp3) is 0.467. The number of benzene rings is 1. The molecule has 1 saturated carbocycles. The van der Waals surface area contributed by atoms with E-state index in [4.69, 9.17) is 16.3 Å². The van der Waals surface area contributed by atoms with E-state index in [9.17, 15) is 0 Å². The Morgan fingerprint density at radius 1 is 1.22 bits per heavy atom. The number of anilines is 1. The average Bonchev–Trinajstić information content (AvgIpc) is 2.39. The zero-order valence-corrected chi connectivity index (χ0v) is 11.8. The molecule has 1 fully saturated rings. The van der Waals surface area contributed by atoms with Crippen molar-refractivity contribution in [1.82, 2.24) is 0 Å². The number of halogens is 1. The number of rotatable bonds is 3. The van der Waals surface area contributed by atoms with Crippen LogP contribution < -0.4 is 9.64 Å². The zero-order valence-electron chi connectivity index (χ0n) is 11.1. The van der Waals surface area contributed by atoms with E-state index < -0.39 is 0 Å². The van der Waals surface area contributed by atoms with Crippen LogP contribution in [0.5, 0.6) is 5.75 Å². The van der Waals surface area contributed by atoms with Gasteiger partial charge in [-0.05, 0) is 43.9 Å². The summed E-state index contributed by atoms with van der Waals surface area (Å²) < 4.78 is 5.16. The molecule has 0 heterocycles. The van der Waals surface area contributed by atoms with Crippen molar-refractivity contribution in [2.24, 2.45) is 0 Å². The predicted molar refractivity (Wildman–Crippen MR) is 77.6 cm³/mol. The van der Waals surface area contributed by atoms with Gasteiger partial charge in [0.1, 0.15) is 5.75 Å². The third kappa shape index (κ3) is 3.20. The number of allylic oxidation sites excluding steroid dienone is 1. The first kappa shape index (κ1) is 13.3. The number of hydrogen-bond donors (Lipinski definition) is 0. The zero-order chi connectivity index (χ0) is 13.0. The molecule has 2 rings (SSSR count). The minimum atomic E-state index is 0.656. The first-order valence-corrected chi connectivity index (χ1v) is 6.84. The molecule has 2 nitrogen and oxygen atoms in total. The SMILES string of the molecule is COc1ccc(N(C)C=C2CCCCC2)cc1Cl. The Hall–Kier alpha value is -1.15. The van der Waals surface area contributed by atoms with Crippen molar-refractivity contribution in [3.8, 4) is 5.75 Å². The van der Waals surface area contributed by atoms with Gasteiger partial charge in [0.25, 0.3) is 0 Å². The lowest BCUT2D eigenvalue weighted by atomic mass is 9.96. The van der Waals surface area contributed by atoms with E-state index in [1.54, 1.807) is 7.11 Å². The molecule has 1 aromatic carbocycles. The van der Waals surface area contributed by atoms with Gasteiger partial charge in [0.15, 0.2) is 0 Å². The number of ether oxygens (including phenoxy) is 1. The van der Waals surface area contributed by atoms with Crippen molar-refractivity contribution in [3.63, 3.8) is 0 Å². The topological polar surface area (TPSA) is 12.5 Å². The van der Waals surface area contributed by atoms with Crippen LogP contribution in [-0.4, -0.2) is 14.2 Å². The highest BCUT2D eigenvalue weighted by atomic mass is 35.5. The lowest BCUT2D eigenvalue weighted by Gasteiger charge is -2.20. The van der Waals surface area contributed by atoms with Crippen molar-refractivity contribution in [1.29, 1.82) is 0 Å². The molecule has 0 aromatic heterocycles.